The Hall–Kier alpha value is -2.65. The maximum absolute atomic E-state index is 13.6. The van der Waals surface area contributed by atoms with E-state index in [-0.39, 0.29) is 18.5 Å². The molecule has 2 amide bonds. The first-order valence-corrected chi connectivity index (χ1v) is 12.1. The summed E-state index contributed by atoms with van der Waals surface area (Å²) in [5.74, 6) is -0.0769. The Morgan fingerprint density at radius 2 is 2.09 bits per heavy atom. The van der Waals surface area contributed by atoms with E-state index in [1.54, 1.807) is 18.2 Å². The van der Waals surface area contributed by atoms with E-state index < -0.39 is 17.8 Å². The molecule has 9 nitrogen and oxygen atoms in total. The highest BCUT2D eigenvalue weighted by atomic mass is 16.6. The van der Waals surface area contributed by atoms with E-state index in [4.69, 9.17) is 14.2 Å². The fraction of sp³-hybridized carbons (Fsp3) is 0.640. The molecule has 2 fully saturated rings. The zero-order chi connectivity index (χ0) is 24.3. The van der Waals surface area contributed by atoms with Crippen LogP contribution in [0, 0.1) is 0 Å². The standard InChI is InChI=1S/C25H36N4O5/c1-25(2,3)34-24(31)28-12-14-33-21(17-28)23(30)29(19-8-9-19)16-18-15-27(11-6-13-32-4)20-7-5-10-26-22(18)20/h5,7,10,15,19,21H,6,8-9,11-14,16-17H2,1-4H3/t21-/m1/s1. The molecule has 1 aliphatic carbocycles. The first kappa shape index (κ1) is 24.5. The van der Waals surface area contributed by atoms with Crippen molar-refractivity contribution in [1.82, 2.24) is 19.4 Å². The van der Waals surface area contributed by atoms with Crippen LogP contribution in [0.4, 0.5) is 4.79 Å². The average Bonchev–Trinajstić information content (AvgIpc) is 3.59. The molecule has 0 aromatic carbocycles. The lowest BCUT2D eigenvalue weighted by molar-refractivity contribution is -0.150. The number of rotatable bonds is 8. The van der Waals surface area contributed by atoms with Crippen molar-refractivity contribution in [2.75, 3.05) is 33.4 Å². The Bertz CT molecular complexity index is 1010. The minimum atomic E-state index is -0.690. The molecule has 2 aromatic rings. The van der Waals surface area contributed by atoms with Crippen LogP contribution in [0.15, 0.2) is 24.5 Å². The summed E-state index contributed by atoms with van der Waals surface area (Å²) in [6.07, 6.45) is 5.65. The van der Waals surface area contributed by atoms with Crippen molar-refractivity contribution in [1.29, 1.82) is 0 Å². The quantitative estimate of drug-likeness (QED) is 0.549. The molecule has 0 spiro atoms. The number of carbonyl (C=O) groups excluding carboxylic acids is 2. The number of nitrogens with zero attached hydrogens (tertiary/aromatic N) is 4. The zero-order valence-corrected chi connectivity index (χ0v) is 20.7. The van der Waals surface area contributed by atoms with Crippen molar-refractivity contribution in [2.24, 2.45) is 0 Å². The Morgan fingerprint density at radius 1 is 1.29 bits per heavy atom. The van der Waals surface area contributed by atoms with Crippen LogP contribution in [0.25, 0.3) is 11.0 Å². The molecule has 0 N–H and O–H groups in total. The molecule has 1 saturated heterocycles. The third-order valence-corrected chi connectivity index (χ3v) is 6.06. The average molecular weight is 473 g/mol. The zero-order valence-electron chi connectivity index (χ0n) is 20.7. The number of methoxy groups -OCH3 is 1. The molecular formula is C25H36N4O5. The van der Waals surface area contributed by atoms with Crippen LogP contribution in [-0.2, 0) is 32.1 Å². The number of fused-ring (bicyclic) bond motifs is 1. The van der Waals surface area contributed by atoms with Gasteiger partial charge in [-0.3, -0.25) is 9.78 Å². The summed E-state index contributed by atoms with van der Waals surface area (Å²) in [6, 6.07) is 4.19. The van der Waals surface area contributed by atoms with Gasteiger partial charge in [0.25, 0.3) is 5.91 Å². The molecule has 186 valence electrons. The lowest BCUT2D eigenvalue weighted by Crippen LogP contribution is -2.53. The summed E-state index contributed by atoms with van der Waals surface area (Å²) in [5, 5.41) is 0. The van der Waals surface area contributed by atoms with Crippen LogP contribution in [0.1, 0.15) is 45.6 Å². The summed E-state index contributed by atoms with van der Waals surface area (Å²) >= 11 is 0. The Kier molecular flexibility index (Phi) is 7.42. The lowest BCUT2D eigenvalue weighted by atomic mass is 10.2. The predicted octanol–water partition coefficient (Wildman–Crippen LogP) is 3.20. The predicted molar refractivity (Wildman–Crippen MR) is 127 cm³/mol. The van der Waals surface area contributed by atoms with Gasteiger partial charge in [-0.15, -0.1) is 0 Å². The highest BCUT2D eigenvalue weighted by molar-refractivity contribution is 5.84. The first-order valence-electron chi connectivity index (χ1n) is 12.1. The van der Waals surface area contributed by atoms with Gasteiger partial charge in [0.2, 0.25) is 0 Å². The highest BCUT2D eigenvalue weighted by Gasteiger charge is 2.39. The van der Waals surface area contributed by atoms with Gasteiger partial charge in [-0.25, -0.2) is 4.79 Å². The van der Waals surface area contributed by atoms with Crippen molar-refractivity contribution in [2.45, 2.75) is 70.9 Å². The van der Waals surface area contributed by atoms with Crippen LogP contribution >= 0.6 is 0 Å². The molecule has 0 radical (unpaired) electrons. The molecule has 3 heterocycles. The van der Waals surface area contributed by atoms with Gasteiger partial charge in [0.15, 0.2) is 6.10 Å². The largest absolute Gasteiger partial charge is 0.444 e. The van der Waals surface area contributed by atoms with E-state index in [0.29, 0.717) is 26.3 Å². The van der Waals surface area contributed by atoms with Gasteiger partial charge in [0, 0.05) is 57.3 Å². The molecule has 1 aliphatic heterocycles. The van der Waals surface area contributed by atoms with Crippen LogP contribution in [0.3, 0.4) is 0 Å². The van der Waals surface area contributed by atoms with Crippen LogP contribution < -0.4 is 0 Å². The lowest BCUT2D eigenvalue weighted by Gasteiger charge is -2.35. The van der Waals surface area contributed by atoms with E-state index in [1.165, 1.54) is 0 Å². The van der Waals surface area contributed by atoms with Crippen molar-refractivity contribution in [3.63, 3.8) is 0 Å². The van der Waals surface area contributed by atoms with Crippen molar-refractivity contribution in [3.8, 4) is 0 Å². The van der Waals surface area contributed by atoms with Gasteiger partial charge < -0.3 is 28.6 Å². The van der Waals surface area contributed by atoms with E-state index in [1.807, 2.05) is 31.7 Å². The molecule has 4 rings (SSSR count). The summed E-state index contributed by atoms with van der Waals surface area (Å²) in [7, 11) is 1.71. The monoisotopic (exact) mass is 472 g/mol. The van der Waals surface area contributed by atoms with Crippen LogP contribution in [0.5, 0.6) is 0 Å². The molecule has 9 heteroatoms. The summed E-state index contributed by atoms with van der Waals surface area (Å²) < 4.78 is 18.7. The van der Waals surface area contributed by atoms with E-state index in [9.17, 15) is 9.59 Å². The number of ether oxygens (including phenoxy) is 3. The number of aromatic nitrogens is 2. The number of carbonyl (C=O) groups is 2. The molecule has 1 saturated carbocycles. The van der Waals surface area contributed by atoms with Gasteiger partial charge in [0.1, 0.15) is 5.60 Å². The first-order chi connectivity index (χ1) is 16.3. The fourth-order valence-electron chi connectivity index (χ4n) is 4.31. The van der Waals surface area contributed by atoms with Gasteiger partial charge >= 0.3 is 6.09 Å². The number of aryl methyl sites for hydroxylation is 1. The molecule has 1 atom stereocenters. The Labute approximate surface area is 200 Å². The molecular weight excluding hydrogens is 436 g/mol. The van der Waals surface area contributed by atoms with Crippen molar-refractivity contribution >= 4 is 23.0 Å². The maximum atomic E-state index is 13.6. The van der Waals surface area contributed by atoms with Gasteiger partial charge in [0.05, 0.1) is 24.2 Å². The Morgan fingerprint density at radius 3 is 2.79 bits per heavy atom. The van der Waals surface area contributed by atoms with Crippen molar-refractivity contribution < 1.29 is 23.8 Å². The van der Waals surface area contributed by atoms with E-state index >= 15 is 0 Å². The van der Waals surface area contributed by atoms with Gasteiger partial charge in [-0.05, 0) is 52.2 Å². The fourth-order valence-corrected chi connectivity index (χ4v) is 4.31. The second-order valence-corrected chi connectivity index (χ2v) is 10.0. The van der Waals surface area contributed by atoms with E-state index in [0.717, 1.165) is 42.4 Å². The number of pyridine rings is 1. The van der Waals surface area contributed by atoms with Crippen LogP contribution in [0.2, 0.25) is 0 Å². The van der Waals surface area contributed by atoms with E-state index in [2.05, 4.69) is 21.8 Å². The SMILES string of the molecule is COCCCn1cc(CN(C(=O)[C@H]2CN(C(=O)OC(C)(C)C)CCO2)C2CC2)c2ncccc21. The molecule has 2 aliphatic rings. The molecule has 34 heavy (non-hydrogen) atoms. The van der Waals surface area contributed by atoms with Crippen molar-refractivity contribution in [3.05, 3.63) is 30.1 Å². The van der Waals surface area contributed by atoms with Crippen LogP contribution in [-0.4, -0.2) is 82.5 Å². The molecule has 0 unspecified atom stereocenters. The second kappa shape index (κ2) is 10.3. The number of morpholine rings is 1. The summed E-state index contributed by atoms with van der Waals surface area (Å²) in [6.45, 7) is 8.43. The second-order valence-electron chi connectivity index (χ2n) is 10.0. The normalized spacial score (nSPS) is 18.8. The number of hydrogen-bond donors (Lipinski definition) is 0. The minimum Gasteiger partial charge on any atom is -0.444 e. The smallest absolute Gasteiger partial charge is 0.410 e. The maximum Gasteiger partial charge on any atom is 0.410 e. The third-order valence-electron chi connectivity index (χ3n) is 6.06. The molecule has 0 bridgehead atoms. The Balaban J connectivity index is 1.49. The minimum absolute atomic E-state index is 0.0769. The summed E-state index contributed by atoms with van der Waals surface area (Å²) in [4.78, 5) is 34.2. The number of hydrogen-bond acceptors (Lipinski definition) is 6. The van der Waals surface area contributed by atoms with Gasteiger partial charge in [-0.1, -0.05) is 0 Å². The van der Waals surface area contributed by atoms with Gasteiger partial charge in [-0.2, -0.15) is 0 Å². The third kappa shape index (κ3) is 5.88. The number of amides is 2. The molecule has 2 aromatic heterocycles. The highest BCUT2D eigenvalue weighted by Crippen LogP contribution is 2.31. The topological polar surface area (TPSA) is 86.1 Å². The summed E-state index contributed by atoms with van der Waals surface area (Å²) in [5.41, 5.74) is 2.41.